The minimum Gasteiger partial charge on any atom is -0.497 e. The van der Waals surface area contributed by atoms with Gasteiger partial charge in [-0.05, 0) is 86.8 Å². The van der Waals surface area contributed by atoms with Gasteiger partial charge in [0.15, 0.2) is 0 Å². The van der Waals surface area contributed by atoms with Gasteiger partial charge in [-0.1, -0.05) is 152 Å². The third-order valence-electron chi connectivity index (χ3n) is 10.7. The van der Waals surface area contributed by atoms with Crippen molar-refractivity contribution in [1.82, 2.24) is 0 Å². The number of allylic oxidation sites excluding steroid dienone is 2. The molecule has 0 aliphatic heterocycles. The zero-order valence-corrected chi connectivity index (χ0v) is 34.0. The Hall–Kier alpha value is -3.08. The van der Waals surface area contributed by atoms with Crippen molar-refractivity contribution in [2.24, 2.45) is 5.92 Å². The number of unbranched alkanes of at least 4 members (excludes halogenated alkanes) is 21. The SMILES string of the molecule is C=CCCCCCCCCCC(CCCCCCCCCC=C)C(=O)OCCCCCCCCCCOC(=O)[C@@H](C)c1ccc2cc(OC)ccc2c1. The van der Waals surface area contributed by atoms with Crippen molar-refractivity contribution in [2.45, 2.75) is 180 Å². The van der Waals surface area contributed by atoms with Gasteiger partial charge in [-0.25, -0.2) is 0 Å². The number of benzene rings is 2. The van der Waals surface area contributed by atoms with Crippen LogP contribution in [0.2, 0.25) is 0 Å². The molecule has 0 saturated carbocycles. The summed E-state index contributed by atoms with van der Waals surface area (Å²) in [5.74, 6) is 0.497. The summed E-state index contributed by atoms with van der Waals surface area (Å²) in [4.78, 5) is 25.8. The van der Waals surface area contributed by atoms with Crippen molar-refractivity contribution >= 4 is 22.7 Å². The fourth-order valence-electron chi connectivity index (χ4n) is 7.13. The van der Waals surface area contributed by atoms with Gasteiger partial charge in [-0.3, -0.25) is 9.59 Å². The molecular weight excluding hydrogens is 657 g/mol. The van der Waals surface area contributed by atoms with Gasteiger partial charge >= 0.3 is 11.9 Å². The van der Waals surface area contributed by atoms with Crippen LogP contribution in [0.15, 0.2) is 61.7 Å². The molecule has 0 spiro atoms. The number of hydrogen-bond acceptors (Lipinski definition) is 5. The lowest BCUT2D eigenvalue weighted by molar-refractivity contribution is -0.149. The molecule has 5 heteroatoms. The van der Waals surface area contributed by atoms with Crippen LogP contribution < -0.4 is 4.74 Å². The summed E-state index contributed by atoms with van der Waals surface area (Å²) in [7, 11) is 1.67. The van der Waals surface area contributed by atoms with Crippen LogP contribution >= 0.6 is 0 Å². The Morgan fingerprint density at radius 3 is 1.45 bits per heavy atom. The van der Waals surface area contributed by atoms with E-state index in [4.69, 9.17) is 14.2 Å². The Morgan fingerprint density at radius 1 is 0.547 bits per heavy atom. The maximum absolute atomic E-state index is 13.1. The molecule has 0 fully saturated rings. The van der Waals surface area contributed by atoms with Crippen molar-refractivity contribution < 1.29 is 23.8 Å². The molecule has 0 aliphatic carbocycles. The predicted molar refractivity (Wildman–Crippen MR) is 225 cm³/mol. The molecule has 0 amide bonds. The third-order valence-corrected chi connectivity index (χ3v) is 10.7. The van der Waals surface area contributed by atoms with Crippen molar-refractivity contribution in [3.63, 3.8) is 0 Å². The lowest BCUT2D eigenvalue weighted by atomic mass is 9.94. The number of fused-ring (bicyclic) bond motifs is 1. The van der Waals surface area contributed by atoms with E-state index in [1.165, 1.54) is 96.3 Å². The molecule has 2 rings (SSSR count). The van der Waals surface area contributed by atoms with Crippen LogP contribution in [-0.4, -0.2) is 32.3 Å². The highest BCUT2D eigenvalue weighted by Crippen LogP contribution is 2.26. The van der Waals surface area contributed by atoms with E-state index in [0.29, 0.717) is 13.2 Å². The van der Waals surface area contributed by atoms with Crippen molar-refractivity contribution in [1.29, 1.82) is 0 Å². The van der Waals surface area contributed by atoms with Gasteiger partial charge in [0.05, 0.1) is 32.2 Å². The standard InChI is InChI=1S/C48H76O5/c1-5-7-9-11-13-15-19-23-27-31-42(32-28-24-20-16-14-12-10-8-6-2)48(50)53-38-30-26-22-18-17-21-25-29-37-52-47(49)41(3)43-33-34-45-40-46(51-4)36-35-44(45)39-43/h5-6,33-36,39-42H,1-2,7-32,37-38H2,3-4H3/t41-/m0/s1. The van der Waals surface area contributed by atoms with Crippen molar-refractivity contribution in [3.05, 3.63) is 67.3 Å². The largest absolute Gasteiger partial charge is 0.497 e. The summed E-state index contributed by atoms with van der Waals surface area (Å²) in [6.07, 6.45) is 34.7. The summed E-state index contributed by atoms with van der Waals surface area (Å²) in [6, 6.07) is 12.1. The topological polar surface area (TPSA) is 61.8 Å². The molecule has 0 aliphatic rings. The summed E-state index contributed by atoms with van der Waals surface area (Å²) in [6.45, 7) is 10.6. The Kier molecular flexibility index (Phi) is 27.2. The van der Waals surface area contributed by atoms with E-state index in [0.717, 1.165) is 92.7 Å². The number of rotatable bonds is 35. The Morgan fingerprint density at radius 2 is 0.962 bits per heavy atom. The monoisotopic (exact) mass is 733 g/mol. The van der Waals surface area contributed by atoms with E-state index < -0.39 is 0 Å². The summed E-state index contributed by atoms with van der Waals surface area (Å²) in [5.41, 5.74) is 0.973. The molecule has 0 unspecified atom stereocenters. The molecule has 0 heterocycles. The van der Waals surface area contributed by atoms with Crippen LogP contribution in [-0.2, 0) is 19.1 Å². The Labute approximate surface area is 324 Å². The van der Waals surface area contributed by atoms with E-state index >= 15 is 0 Å². The van der Waals surface area contributed by atoms with Crippen LogP contribution in [0.1, 0.15) is 185 Å². The van der Waals surface area contributed by atoms with Crippen LogP contribution in [0.25, 0.3) is 10.8 Å². The molecular formula is C48H76O5. The minimum atomic E-state index is -0.290. The Bertz CT molecular complexity index is 1230. The van der Waals surface area contributed by atoms with Crippen LogP contribution in [0, 0.1) is 5.92 Å². The molecule has 0 saturated heterocycles. The van der Waals surface area contributed by atoms with Crippen molar-refractivity contribution in [2.75, 3.05) is 20.3 Å². The van der Waals surface area contributed by atoms with Gasteiger partial charge < -0.3 is 14.2 Å². The van der Waals surface area contributed by atoms with Crippen LogP contribution in [0.3, 0.4) is 0 Å². The van der Waals surface area contributed by atoms with Crippen molar-refractivity contribution in [3.8, 4) is 5.75 Å². The molecule has 0 bridgehead atoms. The fourth-order valence-corrected chi connectivity index (χ4v) is 7.13. The van der Waals surface area contributed by atoms with E-state index in [1.807, 2.05) is 49.4 Å². The first kappa shape index (κ1) is 46.1. The second-order valence-corrected chi connectivity index (χ2v) is 15.2. The number of methoxy groups -OCH3 is 1. The predicted octanol–water partition coefficient (Wildman–Crippen LogP) is 14.2. The Balaban J connectivity index is 1.53. The van der Waals surface area contributed by atoms with Crippen LogP contribution in [0.5, 0.6) is 5.75 Å². The molecule has 1 atom stereocenters. The first-order chi connectivity index (χ1) is 26.0. The maximum Gasteiger partial charge on any atom is 0.313 e. The van der Waals surface area contributed by atoms with E-state index in [9.17, 15) is 9.59 Å². The highest BCUT2D eigenvalue weighted by molar-refractivity contribution is 5.86. The first-order valence-corrected chi connectivity index (χ1v) is 21.6. The van der Waals surface area contributed by atoms with Gasteiger partial charge in [0.1, 0.15) is 5.75 Å². The number of carbonyl (C=O) groups is 2. The van der Waals surface area contributed by atoms with Gasteiger partial charge in [0.2, 0.25) is 0 Å². The van der Waals surface area contributed by atoms with E-state index in [1.54, 1.807) is 7.11 Å². The van der Waals surface area contributed by atoms with E-state index in [2.05, 4.69) is 19.2 Å². The zero-order valence-electron chi connectivity index (χ0n) is 34.0. The zero-order chi connectivity index (χ0) is 38.2. The second kappa shape index (κ2) is 31.3. The molecule has 0 N–H and O–H groups in total. The average molecular weight is 733 g/mol. The molecule has 5 nitrogen and oxygen atoms in total. The van der Waals surface area contributed by atoms with Crippen LogP contribution in [0.4, 0.5) is 0 Å². The third kappa shape index (κ3) is 22.0. The van der Waals surface area contributed by atoms with Gasteiger partial charge in [-0.2, -0.15) is 0 Å². The lowest BCUT2D eigenvalue weighted by Crippen LogP contribution is -2.18. The minimum absolute atomic E-state index is 0.0484. The fraction of sp³-hybridized carbons (Fsp3) is 0.667. The maximum atomic E-state index is 13.1. The van der Waals surface area contributed by atoms with Gasteiger partial charge in [0.25, 0.3) is 0 Å². The normalized spacial score (nSPS) is 11.8. The number of ether oxygens (including phenoxy) is 3. The quantitative estimate of drug-likeness (QED) is 0.0401. The molecule has 298 valence electrons. The summed E-state index contributed by atoms with van der Waals surface area (Å²) < 4.78 is 16.8. The summed E-state index contributed by atoms with van der Waals surface area (Å²) >= 11 is 0. The molecule has 0 aromatic heterocycles. The van der Waals surface area contributed by atoms with Gasteiger partial charge in [-0.15, -0.1) is 13.2 Å². The highest BCUT2D eigenvalue weighted by Gasteiger charge is 2.20. The number of carbonyl (C=O) groups excluding carboxylic acids is 2. The molecule has 53 heavy (non-hydrogen) atoms. The lowest BCUT2D eigenvalue weighted by Gasteiger charge is -2.16. The molecule has 0 radical (unpaired) electrons. The molecule has 2 aromatic rings. The number of esters is 2. The molecule has 2 aromatic carbocycles. The average Bonchev–Trinajstić information content (AvgIpc) is 3.18. The summed E-state index contributed by atoms with van der Waals surface area (Å²) in [5, 5.41) is 2.18. The second-order valence-electron chi connectivity index (χ2n) is 15.2. The highest BCUT2D eigenvalue weighted by atomic mass is 16.5. The first-order valence-electron chi connectivity index (χ1n) is 21.6. The van der Waals surface area contributed by atoms with Gasteiger partial charge in [0, 0.05) is 0 Å². The number of hydrogen-bond donors (Lipinski definition) is 0. The smallest absolute Gasteiger partial charge is 0.313 e. The van der Waals surface area contributed by atoms with E-state index in [-0.39, 0.29) is 23.8 Å².